The molecule has 1 heterocycles. The van der Waals surface area contributed by atoms with Gasteiger partial charge in [0, 0.05) is 17.5 Å². The van der Waals surface area contributed by atoms with Crippen molar-refractivity contribution < 1.29 is 4.74 Å². The molecule has 2 atom stereocenters. The number of ether oxygens (including phenoxy) is 1. The third-order valence-corrected chi connectivity index (χ3v) is 2.91. The van der Waals surface area contributed by atoms with E-state index in [1.54, 1.807) is 12.4 Å². The average molecular weight is 257 g/mol. The molecule has 0 radical (unpaired) electrons. The van der Waals surface area contributed by atoms with Gasteiger partial charge in [-0.2, -0.15) is 0 Å². The Bertz CT molecular complexity index is 334. The van der Waals surface area contributed by atoms with Gasteiger partial charge in [0.1, 0.15) is 0 Å². The number of nitrogens with zero attached hydrogens (tertiary/aromatic N) is 2. The van der Waals surface area contributed by atoms with Gasteiger partial charge < -0.3 is 4.74 Å². The van der Waals surface area contributed by atoms with Gasteiger partial charge in [-0.15, -0.1) is 11.6 Å². The molecule has 0 aliphatic heterocycles. The van der Waals surface area contributed by atoms with E-state index >= 15 is 0 Å². The van der Waals surface area contributed by atoms with Crippen LogP contribution in [-0.4, -0.2) is 22.0 Å². The first kappa shape index (κ1) is 14.2. The molecule has 0 fully saturated rings. The molecular weight excluding hydrogens is 236 g/mol. The minimum atomic E-state index is 0.0331. The molecule has 4 heteroatoms. The molecule has 0 aliphatic rings. The van der Waals surface area contributed by atoms with Crippen molar-refractivity contribution in [3.8, 4) is 5.88 Å². The van der Waals surface area contributed by atoms with Gasteiger partial charge >= 0.3 is 0 Å². The molecule has 0 aromatic carbocycles. The smallest absolute Gasteiger partial charge is 0.232 e. The Morgan fingerprint density at radius 1 is 1.29 bits per heavy atom. The third kappa shape index (κ3) is 4.15. The van der Waals surface area contributed by atoms with E-state index in [1.807, 2.05) is 6.92 Å². The van der Waals surface area contributed by atoms with Gasteiger partial charge in [0.2, 0.25) is 5.88 Å². The van der Waals surface area contributed by atoms with Crippen LogP contribution in [0, 0.1) is 5.92 Å². The summed E-state index contributed by atoms with van der Waals surface area (Å²) < 4.78 is 5.49. The van der Waals surface area contributed by atoms with Crippen molar-refractivity contribution in [1.82, 2.24) is 9.97 Å². The molecule has 1 aromatic rings. The molecule has 0 saturated heterocycles. The van der Waals surface area contributed by atoms with Crippen molar-refractivity contribution in [2.75, 3.05) is 6.61 Å². The van der Waals surface area contributed by atoms with Crippen LogP contribution < -0.4 is 4.74 Å². The summed E-state index contributed by atoms with van der Waals surface area (Å²) in [6.45, 7) is 9.01. The van der Waals surface area contributed by atoms with Gasteiger partial charge in [-0.1, -0.05) is 20.8 Å². The second kappa shape index (κ2) is 6.80. The van der Waals surface area contributed by atoms with Gasteiger partial charge in [0.15, 0.2) is 0 Å². The van der Waals surface area contributed by atoms with Gasteiger partial charge in [0.05, 0.1) is 18.5 Å². The van der Waals surface area contributed by atoms with Crippen LogP contribution in [0.15, 0.2) is 12.4 Å². The van der Waals surface area contributed by atoms with E-state index in [0.717, 1.165) is 12.1 Å². The Hall–Kier alpha value is -0.830. The van der Waals surface area contributed by atoms with E-state index in [2.05, 4.69) is 30.7 Å². The summed E-state index contributed by atoms with van der Waals surface area (Å²) in [5.74, 6) is 1.22. The van der Waals surface area contributed by atoms with E-state index in [1.165, 1.54) is 0 Å². The summed E-state index contributed by atoms with van der Waals surface area (Å²) in [5.41, 5.74) is 0.913. The first-order valence-corrected chi connectivity index (χ1v) is 6.58. The minimum Gasteiger partial charge on any atom is -0.477 e. The van der Waals surface area contributed by atoms with Crippen molar-refractivity contribution in [3.05, 3.63) is 18.1 Å². The zero-order valence-corrected chi connectivity index (χ0v) is 11.7. The van der Waals surface area contributed by atoms with E-state index in [9.17, 15) is 0 Å². The van der Waals surface area contributed by atoms with Crippen LogP contribution in [-0.2, 0) is 0 Å². The molecule has 0 aliphatic carbocycles. The summed E-state index contributed by atoms with van der Waals surface area (Å²) >= 11 is 6.22. The van der Waals surface area contributed by atoms with Crippen LogP contribution in [0.4, 0.5) is 0 Å². The monoisotopic (exact) mass is 256 g/mol. The largest absolute Gasteiger partial charge is 0.477 e. The van der Waals surface area contributed by atoms with Crippen LogP contribution in [0.5, 0.6) is 5.88 Å². The Morgan fingerprint density at radius 3 is 2.53 bits per heavy atom. The Kier molecular flexibility index (Phi) is 5.69. The first-order chi connectivity index (χ1) is 8.06. The van der Waals surface area contributed by atoms with Gasteiger partial charge in [0.25, 0.3) is 0 Å². The number of alkyl halides is 1. The maximum atomic E-state index is 6.22. The molecular formula is C13H21ClN2O. The fourth-order valence-electron chi connectivity index (χ4n) is 1.91. The molecule has 0 amide bonds. The first-order valence-electron chi connectivity index (χ1n) is 6.15. The number of aromatic nitrogens is 2. The van der Waals surface area contributed by atoms with Crippen molar-refractivity contribution in [1.29, 1.82) is 0 Å². The summed E-state index contributed by atoms with van der Waals surface area (Å²) in [5, 5.41) is 0.0331. The lowest BCUT2D eigenvalue weighted by atomic mass is 9.90. The highest BCUT2D eigenvalue weighted by Crippen LogP contribution is 2.30. The lowest BCUT2D eigenvalue weighted by molar-refractivity contribution is 0.301. The Labute approximate surface area is 109 Å². The van der Waals surface area contributed by atoms with Crippen molar-refractivity contribution >= 4 is 11.6 Å². The Balaban J connectivity index is 2.88. The van der Waals surface area contributed by atoms with Crippen molar-refractivity contribution in [2.45, 2.75) is 45.4 Å². The fraction of sp³-hybridized carbons (Fsp3) is 0.692. The maximum Gasteiger partial charge on any atom is 0.232 e. The van der Waals surface area contributed by atoms with Crippen molar-refractivity contribution in [3.63, 3.8) is 0 Å². The van der Waals surface area contributed by atoms with Crippen LogP contribution in [0.25, 0.3) is 0 Å². The average Bonchev–Trinajstić information content (AvgIpc) is 2.26. The summed E-state index contributed by atoms with van der Waals surface area (Å²) in [7, 11) is 0. The Morgan fingerprint density at radius 2 is 2.00 bits per heavy atom. The van der Waals surface area contributed by atoms with Crippen LogP contribution in [0.1, 0.15) is 45.7 Å². The second-order valence-corrected chi connectivity index (χ2v) is 5.27. The highest BCUT2D eigenvalue weighted by atomic mass is 35.5. The maximum absolute atomic E-state index is 6.22. The number of rotatable bonds is 6. The van der Waals surface area contributed by atoms with Crippen molar-refractivity contribution in [2.24, 2.45) is 5.92 Å². The molecule has 96 valence electrons. The summed E-state index contributed by atoms with van der Waals surface area (Å²) in [6, 6.07) is 0. The zero-order valence-electron chi connectivity index (χ0n) is 11.0. The van der Waals surface area contributed by atoms with Gasteiger partial charge in [-0.3, -0.25) is 4.98 Å². The topological polar surface area (TPSA) is 35.0 Å². The quantitative estimate of drug-likeness (QED) is 0.729. The predicted molar refractivity (Wildman–Crippen MR) is 70.7 cm³/mol. The lowest BCUT2D eigenvalue weighted by Gasteiger charge is -2.22. The summed E-state index contributed by atoms with van der Waals surface area (Å²) in [4.78, 5) is 8.66. The second-order valence-electron chi connectivity index (χ2n) is 4.58. The van der Waals surface area contributed by atoms with Gasteiger partial charge in [-0.25, -0.2) is 4.98 Å². The third-order valence-electron chi connectivity index (χ3n) is 2.64. The molecule has 0 N–H and O–H groups in total. The minimum absolute atomic E-state index is 0.0331. The van der Waals surface area contributed by atoms with E-state index in [0.29, 0.717) is 18.4 Å². The SMILES string of the molecule is CCCOc1cncc(C(C(C)C)C(C)Cl)n1. The predicted octanol–water partition coefficient (Wildman–Crippen LogP) is 3.63. The molecule has 2 unspecified atom stereocenters. The van der Waals surface area contributed by atoms with Crippen LogP contribution >= 0.6 is 11.6 Å². The van der Waals surface area contributed by atoms with Crippen LogP contribution in [0.2, 0.25) is 0 Å². The number of hydrogen-bond acceptors (Lipinski definition) is 3. The highest BCUT2D eigenvalue weighted by Gasteiger charge is 2.23. The molecule has 0 bridgehead atoms. The van der Waals surface area contributed by atoms with E-state index < -0.39 is 0 Å². The number of hydrogen-bond donors (Lipinski definition) is 0. The zero-order chi connectivity index (χ0) is 12.8. The normalized spacial score (nSPS) is 14.7. The standard InChI is InChI=1S/C13H21ClN2O/c1-5-6-17-12-8-15-7-11(16-12)13(9(2)3)10(4)14/h7-10,13H,5-6H2,1-4H3. The lowest BCUT2D eigenvalue weighted by Crippen LogP contribution is -2.18. The fourth-order valence-corrected chi connectivity index (χ4v) is 2.33. The number of halogens is 1. The van der Waals surface area contributed by atoms with E-state index in [-0.39, 0.29) is 11.3 Å². The molecule has 0 spiro atoms. The molecule has 17 heavy (non-hydrogen) atoms. The highest BCUT2D eigenvalue weighted by molar-refractivity contribution is 6.20. The molecule has 1 rings (SSSR count). The van der Waals surface area contributed by atoms with E-state index in [4.69, 9.17) is 16.3 Å². The molecule has 1 aromatic heterocycles. The molecule has 0 saturated carbocycles. The summed E-state index contributed by atoms with van der Waals surface area (Å²) in [6.07, 6.45) is 4.39. The van der Waals surface area contributed by atoms with Gasteiger partial charge in [-0.05, 0) is 19.3 Å². The van der Waals surface area contributed by atoms with Crippen LogP contribution in [0.3, 0.4) is 0 Å². The molecule has 3 nitrogen and oxygen atoms in total.